The predicted molar refractivity (Wildman–Crippen MR) is 74.3 cm³/mol. The number of aryl methyl sites for hydroxylation is 2. The van der Waals surface area contributed by atoms with Gasteiger partial charge in [0, 0.05) is 43.3 Å². The van der Waals surface area contributed by atoms with Crippen LogP contribution in [-0.4, -0.2) is 15.6 Å². The molecule has 1 unspecified atom stereocenters. The molecule has 0 saturated carbocycles. The highest BCUT2D eigenvalue weighted by Crippen LogP contribution is 2.07. The highest BCUT2D eigenvalue weighted by molar-refractivity contribution is 5.12. The van der Waals surface area contributed by atoms with Crippen molar-refractivity contribution in [2.24, 2.45) is 5.73 Å². The van der Waals surface area contributed by atoms with Gasteiger partial charge in [0.1, 0.15) is 0 Å². The molecular weight excluding hydrogens is 222 g/mol. The second-order valence-electron chi connectivity index (χ2n) is 4.70. The van der Waals surface area contributed by atoms with Crippen LogP contribution in [0.4, 0.5) is 0 Å². The van der Waals surface area contributed by atoms with Gasteiger partial charge < -0.3 is 10.3 Å². The van der Waals surface area contributed by atoms with Crippen LogP contribution in [0.15, 0.2) is 42.9 Å². The number of rotatable bonds is 6. The van der Waals surface area contributed by atoms with E-state index in [0.29, 0.717) is 0 Å². The lowest BCUT2D eigenvalue weighted by molar-refractivity contribution is 0.641. The summed E-state index contributed by atoms with van der Waals surface area (Å²) >= 11 is 0. The van der Waals surface area contributed by atoms with Crippen LogP contribution >= 0.6 is 0 Å². The Bertz CT molecular complexity index is 462. The number of pyridine rings is 1. The first-order valence-electron chi connectivity index (χ1n) is 6.58. The number of hydrogen-bond donors (Lipinski definition) is 1. The third kappa shape index (κ3) is 3.70. The minimum absolute atomic E-state index is 0.275. The molecule has 2 aromatic rings. The van der Waals surface area contributed by atoms with Gasteiger partial charge in [-0.1, -0.05) is 13.0 Å². The van der Waals surface area contributed by atoms with Crippen LogP contribution in [0.2, 0.25) is 0 Å². The van der Waals surface area contributed by atoms with Gasteiger partial charge >= 0.3 is 0 Å². The number of hydrogen-bond acceptors (Lipinski definition) is 2. The van der Waals surface area contributed by atoms with Crippen molar-refractivity contribution in [1.82, 2.24) is 9.55 Å². The summed E-state index contributed by atoms with van der Waals surface area (Å²) in [5.41, 5.74) is 8.42. The van der Waals surface area contributed by atoms with Gasteiger partial charge in [0.05, 0.1) is 0 Å². The van der Waals surface area contributed by atoms with Gasteiger partial charge in [0.25, 0.3) is 0 Å². The molecule has 0 fully saturated rings. The molecule has 0 spiro atoms. The maximum Gasteiger partial charge on any atom is 0.0421 e. The SMILES string of the molecule is CCC(N)Cc1ccn(CCc2ccccn2)c1. The molecule has 0 saturated heterocycles. The maximum atomic E-state index is 5.96. The Morgan fingerprint density at radius 3 is 2.94 bits per heavy atom. The van der Waals surface area contributed by atoms with Crippen molar-refractivity contribution in [1.29, 1.82) is 0 Å². The lowest BCUT2D eigenvalue weighted by Gasteiger charge is -2.06. The van der Waals surface area contributed by atoms with E-state index in [9.17, 15) is 0 Å². The zero-order valence-corrected chi connectivity index (χ0v) is 10.9. The van der Waals surface area contributed by atoms with Gasteiger partial charge in [0.2, 0.25) is 0 Å². The Balaban J connectivity index is 1.87. The fraction of sp³-hybridized carbons (Fsp3) is 0.400. The van der Waals surface area contributed by atoms with Crippen molar-refractivity contribution in [2.45, 2.75) is 38.8 Å². The second kappa shape index (κ2) is 6.36. The van der Waals surface area contributed by atoms with Gasteiger partial charge in [-0.3, -0.25) is 4.98 Å². The van der Waals surface area contributed by atoms with Crippen molar-refractivity contribution in [3.8, 4) is 0 Å². The largest absolute Gasteiger partial charge is 0.354 e. The van der Waals surface area contributed by atoms with Gasteiger partial charge in [-0.15, -0.1) is 0 Å². The standard InChI is InChI=1S/C15H21N3/c1-2-14(16)11-13-6-9-18(12-13)10-7-15-5-3-4-8-17-15/h3-6,8-9,12,14H,2,7,10-11,16H2,1H3. The number of nitrogens with two attached hydrogens (primary N) is 1. The molecule has 18 heavy (non-hydrogen) atoms. The van der Waals surface area contributed by atoms with Gasteiger partial charge in [-0.05, 0) is 36.6 Å². The molecular formula is C15H21N3. The lowest BCUT2D eigenvalue weighted by Crippen LogP contribution is -2.21. The molecule has 0 bridgehead atoms. The van der Waals surface area contributed by atoms with E-state index in [4.69, 9.17) is 5.73 Å². The monoisotopic (exact) mass is 243 g/mol. The van der Waals surface area contributed by atoms with Gasteiger partial charge in [0.15, 0.2) is 0 Å². The molecule has 0 amide bonds. The van der Waals surface area contributed by atoms with Crippen LogP contribution in [0.1, 0.15) is 24.6 Å². The quantitative estimate of drug-likeness (QED) is 0.846. The Kier molecular flexibility index (Phi) is 4.53. The van der Waals surface area contributed by atoms with E-state index >= 15 is 0 Å². The number of aromatic nitrogens is 2. The molecule has 96 valence electrons. The summed E-state index contributed by atoms with van der Waals surface area (Å²) in [6.45, 7) is 3.10. The van der Waals surface area contributed by atoms with Gasteiger partial charge in [-0.25, -0.2) is 0 Å². The van der Waals surface area contributed by atoms with Crippen molar-refractivity contribution in [2.75, 3.05) is 0 Å². The zero-order valence-electron chi connectivity index (χ0n) is 10.9. The maximum absolute atomic E-state index is 5.96. The first kappa shape index (κ1) is 12.8. The smallest absolute Gasteiger partial charge is 0.0421 e. The molecule has 2 rings (SSSR count). The van der Waals surface area contributed by atoms with E-state index in [2.05, 4.69) is 41.0 Å². The van der Waals surface area contributed by atoms with Crippen LogP contribution < -0.4 is 5.73 Å². The minimum Gasteiger partial charge on any atom is -0.354 e. The fourth-order valence-corrected chi connectivity index (χ4v) is 1.99. The lowest BCUT2D eigenvalue weighted by atomic mass is 10.1. The average Bonchev–Trinajstić information content (AvgIpc) is 2.85. The summed E-state index contributed by atoms with van der Waals surface area (Å²) in [6, 6.07) is 8.48. The summed E-state index contributed by atoms with van der Waals surface area (Å²) in [5, 5.41) is 0. The third-order valence-corrected chi connectivity index (χ3v) is 3.19. The van der Waals surface area contributed by atoms with Crippen LogP contribution in [0.5, 0.6) is 0 Å². The van der Waals surface area contributed by atoms with Crippen molar-refractivity contribution in [3.05, 3.63) is 54.1 Å². The van der Waals surface area contributed by atoms with Crippen LogP contribution in [0.25, 0.3) is 0 Å². The summed E-state index contributed by atoms with van der Waals surface area (Å²) < 4.78 is 2.21. The van der Waals surface area contributed by atoms with Crippen molar-refractivity contribution in [3.63, 3.8) is 0 Å². The molecule has 2 heterocycles. The van der Waals surface area contributed by atoms with Crippen molar-refractivity contribution >= 4 is 0 Å². The highest BCUT2D eigenvalue weighted by atomic mass is 14.9. The van der Waals surface area contributed by atoms with Crippen LogP contribution in [0, 0.1) is 0 Å². The number of nitrogens with zero attached hydrogens (tertiary/aromatic N) is 2. The van der Waals surface area contributed by atoms with Crippen LogP contribution in [0.3, 0.4) is 0 Å². The average molecular weight is 243 g/mol. The molecule has 0 radical (unpaired) electrons. The van der Waals surface area contributed by atoms with E-state index in [1.165, 1.54) is 5.56 Å². The first-order chi connectivity index (χ1) is 8.78. The molecule has 0 aliphatic heterocycles. The Hall–Kier alpha value is -1.61. The fourth-order valence-electron chi connectivity index (χ4n) is 1.99. The Morgan fingerprint density at radius 1 is 1.33 bits per heavy atom. The van der Waals surface area contributed by atoms with Gasteiger partial charge in [-0.2, -0.15) is 0 Å². The second-order valence-corrected chi connectivity index (χ2v) is 4.70. The Morgan fingerprint density at radius 2 is 2.22 bits per heavy atom. The van der Waals surface area contributed by atoms with E-state index in [1.54, 1.807) is 0 Å². The molecule has 0 aliphatic carbocycles. The normalized spacial score (nSPS) is 12.6. The topological polar surface area (TPSA) is 43.8 Å². The molecule has 1 atom stereocenters. The predicted octanol–water partition coefficient (Wildman–Crippen LogP) is 2.41. The molecule has 0 aliphatic rings. The third-order valence-electron chi connectivity index (χ3n) is 3.19. The summed E-state index contributed by atoms with van der Waals surface area (Å²) in [6.07, 6.45) is 9.12. The molecule has 2 aromatic heterocycles. The summed E-state index contributed by atoms with van der Waals surface area (Å²) in [7, 11) is 0. The Labute approximate surface area is 109 Å². The zero-order chi connectivity index (χ0) is 12.8. The molecule has 3 heteroatoms. The van der Waals surface area contributed by atoms with Crippen LogP contribution in [-0.2, 0) is 19.4 Å². The molecule has 2 N–H and O–H groups in total. The molecule has 3 nitrogen and oxygen atoms in total. The summed E-state index contributed by atoms with van der Waals surface area (Å²) in [4.78, 5) is 4.33. The highest BCUT2D eigenvalue weighted by Gasteiger charge is 2.03. The van der Waals surface area contributed by atoms with E-state index < -0.39 is 0 Å². The first-order valence-corrected chi connectivity index (χ1v) is 6.58. The summed E-state index contributed by atoms with van der Waals surface area (Å²) in [5.74, 6) is 0. The van der Waals surface area contributed by atoms with E-state index in [-0.39, 0.29) is 6.04 Å². The molecule has 0 aromatic carbocycles. The minimum atomic E-state index is 0.275. The van der Waals surface area contributed by atoms with E-state index in [0.717, 1.165) is 31.5 Å². The van der Waals surface area contributed by atoms with E-state index in [1.807, 2.05) is 18.3 Å². The van der Waals surface area contributed by atoms with Crippen molar-refractivity contribution < 1.29 is 0 Å².